The van der Waals surface area contributed by atoms with Crippen LogP contribution >= 0.6 is 0 Å². The molecule has 2 aromatic carbocycles. The van der Waals surface area contributed by atoms with Crippen LogP contribution in [0.15, 0.2) is 41.2 Å². The Bertz CT molecular complexity index is 1410. The van der Waals surface area contributed by atoms with Gasteiger partial charge in [-0.2, -0.15) is 13.2 Å². The summed E-state index contributed by atoms with van der Waals surface area (Å²) in [5.41, 5.74) is 3.06. The Morgan fingerprint density at radius 3 is 2.18 bits per heavy atom. The second-order valence-corrected chi connectivity index (χ2v) is 6.98. The fourth-order valence-corrected chi connectivity index (χ4v) is 3.36. The zero-order chi connectivity index (χ0) is 24.9. The van der Waals surface area contributed by atoms with E-state index in [-0.39, 0.29) is 40.4 Å². The van der Waals surface area contributed by atoms with Crippen molar-refractivity contribution in [2.24, 2.45) is 0 Å². The summed E-state index contributed by atoms with van der Waals surface area (Å²) in [6, 6.07) is 4.60. The van der Waals surface area contributed by atoms with E-state index in [0.717, 1.165) is 16.7 Å². The number of rotatable bonds is 4. The maximum atomic E-state index is 14.3. The van der Waals surface area contributed by atoms with Gasteiger partial charge in [-0.05, 0) is 24.3 Å². The number of benzene rings is 2. The molecule has 13 heteroatoms. The number of alkyl halides is 3. The summed E-state index contributed by atoms with van der Waals surface area (Å²) < 4.78 is 78.0. The van der Waals surface area contributed by atoms with E-state index < -0.39 is 52.3 Å². The Morgan fingerprint density at radius 1 is 0.941 bits per heavy atom. The molecular formula is C21H12F5N3O5. The van der Waals surface area contributed by atoms with Crippen molar-refractivity contribution in [2.75, 3.05) is 12.8 Å². The van der Waals surface area contributed by atoms with E-state index in [2.05, 4.69) is 0 Å². The summed E-state index contributed by atoms with van der Waals surface area (Å²) in [7, 11) is 1.19. The van der Waals surface area contributed by atoms with Gasteiger partial charge in [0.05, 0.1) is 29.5 Å². The third-order valence-corrected chi connectivity index (χ3v) is 4.90. The van der Waals surface area contributed by atoms with Crippen molar-refractivity contribution >= 4 is 17.6 Å². The number of ether oxygens (including phenoxy) is 2. The van der Waals surface area contributed by atoms with Crippen molar-refractivity contribution in [3.8, 4) is 22.9 Å². The van der Waals surface area contributed by atoms with Gasteiger partial charge in [-0.25, -0.2) is 8.78 Å². The molecule has 0 aliphatic carbocycles. The van der Waals surface area contributed by atoms with E-state index in [1.807, 2.05) is 5.32 Å². The molecule has 2 heterocycles. The number of imide groups is 1. The largest absolute Gasteiger partial charge is 0.493 e. The highest BCUT2D eigenvalue weighted by Crippen LogP contribution is 2.39. The number of methoxy groups -OCH3 is 1. The van der Waals surface area contributed by atoms with E-state index in [0.29, 0.717) is 0 Å². The van der Waals surface area contributed by atoms with Gasteiger partial charge in [-0.15, -0.1) is 0 Å². The van der Waals surface area contributed by atoms with Crippen LogP contribution in [0.1, 0.15) is 26.3 Å². The lowest BCUT2D eigenvalue weighted by Gasteiger charge is -2.16. The first-order valence-corrected chi connectivity index (χ1v) is 9.26. The monoisotopic (exact) mass is 481 g/mol. The molecule has 0 unspecified atom stereocenters. The van der Waals surface area contributed by atoms with Crippen molar-refractivity contribution in [1.29, 1.82) is 0 Å². The summed E-state index contributed by atoms with van der Waals surface area (Å²) >= 11 is 0. The number of fused-ring (bicyclic) bond motifs is 1. The maximum Gasteiger partial charge on any atom is 0.416 e. The van der Waals surface area contributed by atoms with Gasteiger partial charge in [0.1, 0.15) is 5.82 Å². The molecule has 1 aromatic heterocycles. The molecule has 0 fully saturated rings. The van der Waals surface area contributed by atoms with Gasteiger partial charge in [-0.1, -0.05) is 0 Å². The number of nitrogen functional groups attached to an aromatic ring is 1. The van der Waals surface area contributed by atoms with Crippen LogP contribution in [0.5, 0.6) is 17.2 Å². The van der Waals surface area contributed by atoms with Crippen LogP contribution in [0, 0.1) is 11.6 Å². The number of amides is 2. The lowest BCUT2D eigenvalue weighted by atomic mass is 10.1. The normalized spacial score (nSPS) is 13.0. The highest BCUT2D eigenvalue weighted by molar-refractivity contribution is 6.23. The van der Waals surface area contributed by atoms with E-state index in [4.69, 9.17) is 15.2 Å². The first kappa shape index (κ1) is 22.8. The Balaban J connectivity index is 1.83. The summed E-state index contributed by atoms with van der Waals surface area (Å²) in [5, 5.41) is 2.00. The summed E-state index contributed by atoms with van der Waals surface area (Å²) in [5.74, 6) is -6.92. The van der Waals surface area contributed by atoms with Crippen LogP contribution in [-0.2, 0) is 6.18 Å². The fourth-order valence-electron chi connectivity index (χ4n) is 3.36. The molecule has 0 saturated heterocycles. The molecule has 0 radical (unpaired) electrons. The zero-order valence-corrected chi connectivity index (χ0v) is 16.9. The van der Waals surface area contributed by atoms with Crippen molar-refractivity contribution in [3.05, 3.63) is 75.1 Å². The van der Waals surface area contributed by atoms with E-state index in [1.54, 1.807) is 0 Å². The van der Waals surface area contributed by atoms with Crippen LogP contribution in [-0.4, -0.2) is 23.5 Å². The van der Waals surface area contributed by atoms with Gasteiger partial charge in [0.25, 0.3) is 17.4 Å². The predicted octanol–water partition coefficient (Wildman–Crippen LogP) is 3.40. The van der Waals surface area contributed by atoms with Gasteiger partial charge in [-0.3, -0.25) is 24.3 Å². The Hall–Kier alpha value is -4.42. The van der Waals surface area contributed by atoms with Crippen LogP contribution in [0.25, 0.3) is 5.69 Å². The number of carbonyl (C=O) groups is 2. The number of nitrogens with two attached hydrogens (primary N) is 1. The minimum Gasteiger partial charge on any atom is -0.493 e. The van der Waals surface area contributed by atoms with E-state index in [9.17, 15) is 36.3 Å². The van der Waals surface area contributed by atoms with Crippen molar-refractivity contribution in [3.63, 3.8) is 0 Å². The number of aromatic nitrogens is 1. The molecule has 0 spiro atoms. The molecule has 1 aliphatic rings. The Morgan fingerprint density at radius 2 is 1.59 bits per heavy atom. The number of anilines is 1. The molecule has 8 nitrogen and oxygen atoms in total. The highest BCUT2D eigenvalue weighted by atomic mass is 19.4. The minimum absolute atomic E-state index is 0.0547. The average molecular weight is 481 g/mol. The average Bonchev–Trinajstić information content (AvgIpc) is 3.03. The third kappa shape index (κ3) is 3.70. The molecular weight excluding hydrogens is 469 g/mol. The molecule has 1 aliphatic heterocycles. The fraction of sp³-hybridized carbons (Fsp3) is 0.0952. The van der Waals surface area contributed by atoms with Gasteiger partial charge >= 0.3 is 6.18 Å². The lowest BCUT2D eigenvalue weighted by Crippen LogP contribution is -2.24. The van der Waals surface area contributed by atoms with Gasteiger partial charge in [0.2, 0.25) is 0 Å². The molecule has 0 bridgehead atoms. The third-order valence-electron chi connectivity index (χ3n) is 4.90. The number of pyridine rings is 1. The predicted molar refractivity (Wildman–Crippen MR) is 106 cm³/mol. The molecule has 3 aromatic rings. The summed E-state index contributed by atoms with van der Waals surface area (Å²) in [6.07, 6.45) is -4.99. The number of nitrogens with zero attached hydrogens (tertiary/aromatic N) is 1. The number of nitrogens with one attached hydrogen (secondary N) is 1. The Kier molecular flexibility index (Phi) is 5.26. The van der Waals surface area contributed by atoms with Crippen LogP contribution in [0.2, 0.25) is 0 Å². The number of hydrogen-bond donors (Lipinski definition) is 2. The summed E-state index contributed by atoms with van der Waals surface area (Å²) in [6.45, 7) is 0. The topological polar surface area (TPSA) is 113 Å². The SMILES string of the molecule is COc1ccc(-n2c(N)c3c(cc2=O)C(=O)NC3=O)cc1Oc1c(F)cc(C(F)(F)F)cc1F. The van der Waals surface area contributed by atoms with Crippen LogP contribution in [0.3, 0.4) is 0 Å². The highest BCUT2D eigenvalue weighted by Gasteiger charge is 2.34. The van der Waals surface area contributed by atoms with E-state index >= 15 is 0 Å². The molecule has 0 atom stereocenters. The van der Waals surface area contributed by atoms with Crippen molar-refractivity contribution < 1.29 is 41.0 Å². The smallest absolute Gasteiger partial charge is 0.416 e. The number of halogens is 5. The number of hydrogen-bond acceptors (Lipinski definition) is 6. The second kappa shape index (κ2) is 7.86. The molecule has 176 valence electrons. The van der Waals surface area contributed by atoms with Crippen molar-refractivity contribution in [2.45, 2.75) is 6.18 Å². The lowest BCUT2D eigenvalue weighted by molar-refractivity contribution is -0.138. The summed E-state index contributed by atoms with van der Waals surface area (Å²) in [4.78, 5) is 36.5. The zero-order valence-electron chi connectivity index (χ0n) is 16.9. The molecule has 3 N–H and O–H groups in total. The number of carbonyl (C=O) groups excluding carboxylic acids is 2. The molecule has 34 heavy (non-hydrogen) atoms. The first-order chi connectivity index (χ1) is 15.9. The maximum absolute atomic E-state index is 14.3. The minimum atomic E-state index is -4.99. The Labute approximate surface area is 186 Å². The van der Waals surface area contributed by atoms with Crippen LogP contribution in [0.4, 0.5) is 27.8 Å². The first-order valence-electron chi connectivity index (χ1n) is 9.26. The standard InChI is InChI=1S/C21H12F5N3O5/c1-33-13-3-2-9(29-15(30)7-10-16(18(29)27)20(32)28-19(10)31)6-14(13)34-17-11(22)4-8(5-12(17)23)21(24,25)26/h2-7H,27H2,1H3,(H,28,31,32). The van der Waals surface area contributed by atoms with Gasteiger partial charge < -0.3 is 15.2 Å². The second-order valence-electron chi connectivity index (χ2n) is 6.98. The van der Waals surface area contributed by atoms with Gasteiger partial charge in [0, 0.05) is 12.1 Å². The molecule has 4 rings (SSSR count). The van der Waals surface area contributed by atoms with Crippen molar-refractivity contribution in [1.82, 2.24) is 9.88 Å². The van der Waals surface area contributed by atoms with Gasteiger partial charge in [0.15, 0.2) is 28.9 Å². The quantitative estimate of drug-likeness (QED) is 0.437. The molecule has 2 amide bonds. The molecule has 0 saturated carbocycles. The van der Waals surface area contributed by atoms with Crippen LogP contribution < -0.4 is 26.1 Å². The van der Waals surface area contributed by atoms with E-state index in [1.165, 1.54) is 19.2 Å².